The van der Waals surface area contributed by atoms with E-state index in [2.05, 4.69) is 16.0 Å². The SMILES string of the molecule is Cc1cc(C)cc(-c2c(OCC3CCCN(CCCCc4ccc(O)cc4)C3)c3ccc(Cl)cc3[nH]c2=O)c1. The quantitative estimate of drug-likeness (QED) is 0.217. The van der Waals surface area contributed by atoms with Crippen LogP contribution in [0.4, 0.5) is 0 Å². The molecule has 1 fully saturated rings. The van der Waals surface area contributed by atoms with Crippen LogP contribution in [0.3, 0.4) is 0 Å². The predicted octanol–water partition coefficient (Wildman–Crippen LogP) is 7.28. The number of likely N-dealkylation sites (tertiary alicyclic amines) is 1. The minimum absolute atomic E-state index is 0.163. The second kappa shape index (κ2) is 12.3. The van der Waals surface area contributed by atoms with Crippen LogP contribution in [-0.2, 0) is 6.42 Å². The van der Waals surface area contributed by atoms with E-state index in [0.29, 0.717) is 40.1 Å². The smallest absolute Gasteiger partial charge is 0.260 e. The average Bonchev–Trinajstić information content (AvgIpc) is 2.90. The fraction of sp³-hybridized carbons (Fsp3) is 0.364. The molecule has 5 nitrogen and oxygen atoms in total. The Morgan fingerprint density at radius 2 is 1.79 bits per heavy atom. The number of aromatic nitrogens is 1. The fourth-order valence-electron chi connectivity index (χ4n) is 5.79. The molecule has 4 aromatic rings. The molecule has 39 heavy (non-hydrogen) atoms. The highest BCUT2D eigenvalue weighted by Gasteiger charge is 2.23. The number of phenolic OH excluding ortho intramolecular Hbond substituents is 1. The van der Waals surface area contributed by atoms with Crippen molar-refractivity contribution in [2.75, 3.05) is 26.2 Å². The van der Waals surface area contributed by atoms with Gasteiger partial charge in [-0.3, -0.25) is 4.79 Å². The molecule has 1 unspecified atom stereocenters. The lowest BCUT2D eigenvalue weighted by molar-refractivity contribution is 0.129. The summed E-state index contributed by atoms with van der Waals surface area (Å²) < 4.78 is 6.58. The lowest BCUT2D eigenvalue weighted by atomic mass is 9.97. The maximum atomic E-state index is 13.4. The number of unbranched alkanes of at least 4 members (excludes halogenated alkanes) is 1. The average molecular weight is 545 g/mol. The molecule has 2 heterocycles. The van der Waals surface area contributed by atoms with Crippen molar-refractivity contribution in [3.63, 3.8) is 0 Å². The van der Waals surface area contributed by atoms with Gasteiger partial charge in [0.15, 0.2) is 0 Å². The number of pyridine rings is 1. The highest BCUT2D eigenvalue weighted by atomic mass is 35.5. The molecule has 6 heteroatoms. The number of aromatic hydroxyl groups is 1. The van der Waals surface area contributed by atoms with Crippen LogP contribution in [0, 0.1) is 19.8 Å². The van der Waals surface area contributed by atoms with E-state index in [9.17, 15) is 9.90 Å². The van der Waals surface area contributed by atoms with Crippen molar-refractivity contribution in [3.05, 3.63) is 92.7 Å². The zero-order valence-corrected chi connectivity index (χ0v) is 23.6. The number of hydrogen-bond donors (Lipinski definition) is 2. The van der Waals surface area contributed by atoms with E-state index >= 15 is 0 Å². The zero-order chi connectivity index (χ0) is 27.4. The van der Waals surface area contributed by atoms with Crippen molar-refractivity contribution in [1.82, 2.24) is 9.88 Å². The van der Waals surface area contributed by atoms with E-state index < -0.39 is 0 Å². The first-order chi connectivity index (χ1) is 18.9. The van der Waals surface area contributed by atoms with Gasteiger partial charge in [-0.05, 0) is 100 Å². The number of aromatic amines is 1. The van der Waals surface area contributed by atoms with E-state index in [1.54, 1.807) is 18.2 Å². The van der Waals surface area contributed by atoms with E-state index in [0.717, 1.165) is 73.8 Å². The first-order valence-electron chi connectivity index (χ1n) is 13.9. The number of halogens is 1. The number of benzene rings is 3. The van der Waals surface area contributed by atoms with Crippen molar-refractivity contribution in [2.45, 2.75) is 46.0 Å². The van der Waals surface area contributed by atoms with Crippen molar-refractivity contribution < 1.29 is 9.84 Å². The number of rotatable bonds is 9. The van der Waals surface area contributed by atoms with E-state index in [-0.39, 0.29) is 5.56 Å². The molecule has 0 amide bonds. The molecule has 0 saturated carbocycles. The summed E-state index contributed by atoms with van der Waals surface area (Å²) in [5.74, 6) is 1.37. The van der Waals surface area contributed by atoms with Crippen molar-refractivity contribution in [1.29, 1.82) is 0 Å². The molecular weight excluding hydrogens is 508 g/mol. The number of nitrogens with zero attached hydrogens (tertiary/aromatic N) is 1. The molecule has 0 aliphatic carbocycles. The van der Waals surface area contributed by atoms with E-state index in [4.69, 9.17) is 16.3 Å². The van der Waals surface area contributed by atoms with Crippen molar-refractivity contribution in [3.8, 4) is 22.6 Å². The number of phenols is 1. The summed E-state index contributed by atoms with van der Waals surface area (Å²) in [5.41, 5.74) is 5.47. The Morgan fingerprint density at radius 1 is 1.03 bits per heavy atom. The second-order valence-electron chi connectivity index (χ2n) is 11.0. The van der Waals surface area contributed by atoms with Crippen LogP contribution < -0.4 is 10.3 Å². The van der Waals surface area contributed by atoms with E-state index in [1.807, 2.05) is 50.2 Å². The molecule has 1 aliphatic heterocycles. The molecule has 1 aliphatic rings. The predicted molar refractivity (Wildman–Crippen MR) is 160 cm³/mol. The standard InChI is InChI=1S/C33H37ClN2O3/c1-22-16-23(2)18-26(17-22)31-32(29-13-10-27(34)19-30(29)35-33(31)38)39-21-25-7-5-15-36(20-25)14-4-3-6-24-8-11-28(37)12-9-24/h8-13,16-19,25,37H,3-7,14-15,20-21H2,1-2H3,(H,35,38). The first-order valence-corrected chi connectivity index (χ1v) is 14.3. The summed E-state index contributed by atoms with van der Waals surface area (Å²) in [6.45, 7) is 7.87. The maximum Gasteiger partial charge on any atom is 0.260 e. The molecule has 0 bridgehead atoms. The number of ether oxygens (including phenoxy) is 1. The van der Waals surface area contributed by atoms with Crippen LogP contribution in [0.2, 0.25) is 5.02 Å². The van der Waals surface area contributed by atoms with Gasteiger partial charge in [0.05, 0.1) is 17.7 Å². The third kappa shape index (κ3) is 6.84. The molecule has 2 N–H and O–H groups in total. The molecule has 1 aromatic heterocycles. The normalized spacial score (nSPS) is 16.0. The molecule has 0 spiro atoms. The highest BCUT2D eigenvalue weighted by Crippen LogP contribution is 2.36. The summed E-state index contributed by atoms with van der Waals surface area (Å²) >= 11 is 6.25. The number of H-pyrrole nitrogens is 1. The molecule has 1 atom stereocenters. The first kappa shape index (κ1) is 27.3. The third-order valence-electron chi connectivity index (χ3n) is 7.63. The zero-order valence-electron chi connectivity index (χ0n) is 22.8. The van der Waals surface area contributed by atoms with Gasteiger partial charge in [0.25, 0.3) is 5.56 Å². The van der Waals surface area contributed by atoms with Gasteiger partial charge < -0.3 is 19.7 Å². The van der Waals surface area contributed by atoms with Gasteiger partial charge in [0.1, 0.15) is 11.5 Å². The summed E-state index contributed by atoms with van der Waals surface area (Å²) in [6.07, 6.45) is 5.58. The van der Waals surface area contributed by atoms with Gasteiger partial charge in [-0.1, -0.05) is 53.1 Å². The summed E-state index contributed by atoms with van der Waals surface area (Å²) in [6, 6.07) is 19.3. The van der Waals surface area contributed by atoms with Gasteiger partial charge >= 0.3 is 0 Å². The number of nitrogens with one attached hydrogen (secondary N) is 1. The molecule has 5 rings (SSSR count). The van der Waals surface area contributed by atoms with Gasteiger partial charge in [0.2, 0.25) is 0 Å². The minimum Gasteiger partial charge on any atom is -0.508 e. The minimum atomic E-state index is -0.163. The van der Waals surface area contributed by atoms with Crippen LogP contribution in [0.1, 0.15) is 42.4 Å². The molecule has 204 valence electrons. The Balaban J connectivity index is 1.28. The van der Waals surface area contributed by atoms with Crippen molar-refractivity contribution >= 4 is 22.5 Å². The maximum absolute atomic E-state index is 13.4. The number of fused-ring (bicyclic) bond motifs is 1. The Labute approximate surface area is 235 Å². The molecule has 1 saturated heterocycles. The lowest BCUT2D eigenvalue weighted by Crippen LogP contribution is -2.38. The van der Waals surface area contributed by atoms with Gasteiger partial charge in [-0.2, -0.15) is 0 Å². The Bertz CT molecular complexity index is 1480. The Morgan fingerprint density at radius 3 is 2.56 bits per heavy atom. The monoisotopic (exact) mass is 544 g/mol. The lowest BCUT2D eigenvalue weighted by Gasteiger charge is -2.32. The largest absolute Gasteiger partial charge is 0.508 e. The third-order valence-corrected chi connectivity index (χ3v) is 7.87. The summed E-state index contributed by atoms with van der Waals surface area (Å²) in [7, 11) is 0. The Kier molecular flexibility index (Phi) is 8.59. The van der Waals surface area contributed by atoms with E-state index in [1.165, 1.54) is 5.56 Å². The number of aryl methyl sites for hydroxylation is 3. The van der Waals surface area contributed by atoms with Crippen LogP contribution in [-0.4, -0.2) is 41.2 Å². The van der Waals surface area contributed by atoms with Crippen LogP contribution >= 0.6 is 11.6 Å². The summed E-state index contributed by atoms with van der Waals surface area (Å²) in [4.78, 5) is 18.9. The van der Waals surface area contributed by atoms with Gasteiger partial charge in [-0.15, -0.1) is 0 Å². The van der Waals surface area contributed by atoms with Crippen LogP contribution in [0.5, 0.6) is 11.5 Å². The topological polar surface area (TPSA) is 65.6 Å². The number of hydrogen-bond acceptors (Lipinski definition) is 4. The molecular formula is C33H37ClN2O3. The van der Waals surface area contributed by atoms with Gasteiger partial charge in [0, 0.05) is 22.9 Å². The van der Waals surface area contributed by atoms with Crippen LogP contribution in [0.15, 0.2) is 65.5 Å². The highest BCUT2D eigenvalue weighted by molar-refractivity contribution is 6.31. The fourth-order valence-corrected chi connectivity index (χ4v) is 5.96. The Hall–Kier alpha value is -3.28. The number of piperidine rings is 1. The molecule has 3 aromatic carbocycles. The van der Waals surface area contributed by atoms with Crippen LogP contribution in [0.25, 0.3) is 22.0 Å². The van der Waals surface area contributed by atoms with Crippen molar-refractivity contribution in [2.24, 2.45) is 5.92 Å². The second-order valence-corrected chi connectivity index (χ2v) is 11.4. The molecule has 0 radical (unpaired) electrons. The summed E-state index contributed by atoms with van der Waals surface area (Å²) in [5, 5.41) is 10.9. The van der Waals surface area contributed by atoms with Gasteiger partial charge in [-0.25, -0.2) is 0 Å².